The van der Waals surface area contributed by atoms with Crippen LogP contribution in [0.1, 0.15) is 11.1 Å². The van der Waals surface area contributed by atoms with Crippen molar-refractivity contribution in [3.63, 3.8) is 0 Å². The molecule has 0 saturated carbocycles. The van der Waals surface area contributed by atoms with Crippen LogP contribution in [0.2, 0.25) is 0 Å². The molecule has 3 aromatic rings. The van der Waals surface area contributed by atoms with E-state index in [-0.39, 0.29) is 11.6 Å². The maximum atomic E-state index is 12.4. The molecule has 0 unspecified atom stereocenters. The van der Waals surface area contributed by atoms with Crippen LogP contribution in [0.15, 0.2) is 77.4 Å². The number of benzene rings is 3. The Kier molecular flexibility index (Phi) is 5.71. The zero-order valence-electron chi connectivity index (χ0n) is 17.4. The number of rotatable bonds is 6. The van der Waals surface area contributed by atoms with E-state index in [4.69, 9.17) is 18.9 Å². The third-order valence-corrected chi connectivity index (χ3v) is 4.85. The fourth-order valence-electron chi connectivity index (χ4n) is 3.31. The molecule has 31 heavy (non-hydrogen) atoms. The Morgan fingerprint density at radius 2 is 1.35 bits per heavy atom. The zero-order chi connectivity index (χ0) is 21.8. The van der Waals surface area contributed by atoms with Crippen LogP contribution in [0, 0.1) is 0 Å². The second-order valence-electron chi connectivity index (χ2n) is 6.74. The average Bonchev–Trinajstić information content (AvgIpc) is 3.19. The Labute approximate surface area is 180 Å². The van der Waals surface area contributed by atoms with Gasteiger partial charge in [0.2, 0.25) is 11.6 Å². The number of aliphatic imine (C=N–C) groups is 1. The van der Waals surface area contributed by atoms with Crippen molar-refractivity contribution in [2.75, 3.05) is 21.3 Å². The van der Waals surface area contributed by atoms with E-state index in [1.165, 1.54) is 21.3 Å². The molecule has 0 spiro atoms. The predicted molar refractivity (Wildman–Crippen MR) is 119 cm³/mol. The summed E-state index contributed by atoms with van der Waals surface area (Å²) in [4.78, 5) is 16.8. The van der Waals surface area contributed by atoms with Crippen LogP contribution in [0.5, 0.6) is 17.2 Å². The smallest absolute Gasteiger partial charge is 0.363 e. The molecule has 0 bridgehead atoms. The second kappa shape index (κ2) is 8.75. The fraction of sp³-hybridized carbons (Fsp3) is 0.120. The normalized spacial score (nSPS) is 14.2. The summed E-state index contributed by atoms with van der Waals surface area (Å²) >= 11 is 0. The molecule has 1 aliphatic heterocycles. The lowest BCUT2D eigenvalue weighted by Crippen LogP contribution is -2.05. The number of hydrogen-bond acceptors (Lipinski definition) is 6. The molecular weight excluding hydrogens is 394 g/mol. The standard InChI is InChI=1S/C25H21NO5/c1-28-21-14-16(15-22(29-2)23(21)30-3)13-20-25(27)31-24(26-20)19-11-9-18(10-12-19)17-7-5-4-6-8-17/h4-15H,1-3H3/b20-13-. The first-order valence-electron chi connectivity index (χ1n) is 9.61. The van der Waals surface area contributed by atoms with Gasteiger partial charge in [-0.2, -0.15) is 0 Å². The van der Waals surface area contributed by atoms with E-state index in [1.807, 2.05) is 54.6 Å². The van der Waals surface area contributed by atoms with Crippen molar-refractivity contribution in [1.82, 2.24) is 0 Å². The van der Waals surface area contributed by atoms with Gasteiger partial charge in [-0.05, 0) is 47.0 Å². The molecule has 1 heterocycles. The van der Waals surface area contributed by atoms with E-state index in [1.54, 1.807) is 18.2 Å². The van der Waals surface area contributed by atoms with Gasteiger partial charge in [-0.15, -0.1) is 0 Å². The highest BCUT2D eigenvalue weighted by Gasteiger charge is 2.24. The van der Waals surface area contributed by atoms with Crippen LogP contribution in [-0.2, 0) is 9.53 Å². The summed E-state index contributed by atoms with van der Waals surface area (Å²) in [5, 5.41) is 0. The maximum absolute atomic E-state index is 12.4. The highest BCUT2D eigenvalue weighted by molar-refractivity contribution is 6.13. The first-order valence-corrected chi connectivity index (χ1v) is 9.61. The molecule has 0 N–H and O–H groups in total. The summed E-state index contributed by atoms with van der Waals surface area (Å²) in [7, 11) is 4.60. The Morgan fingerprint density at radius 3 is 1.94 bits per heavy atom. The quantitative estimate of drug-likeness (QED) is 0.430. The van der Waals surface area contributed by atoms with E-state index < -0.39 is 5.97 Å². The predicted octanol–water partition coefficient (Wildman–Crippen LogP) is 4.72. The van der Waals surface area contributed by atoms with E-state index >= 15 is 0 Å². The van der Waals surface area contributed by atoms with E-state index in [0.717, 1.165) is 16.7 Å². The molecule has 0 radical (unpaired) electrons. The molecule has 0 atom stereocenters. The van der Waals surface area contributed by atoms with Crippen molar-refractivity contribution in [3.8, 4) is 28.4 Å². The van der Waals surface area contributed by atoms with Crippen LogP contribution in [0.4, 0.5) is 0 Å². The molecule has 6 nitrogen and oxygen atoms in total. The number of methoxy groups -OCH3 is 3. The molecule has 0 aromatic heterocycles. The van der Waals surface area contributed by atoms with Gasteiger partial charge in [-0.25, -0.2) is 9.79 Å². The van der Waals surface area contributed by atoms with Crippen LogP contribution < -0.4 is 14.2 Å². The molecule has 4 rings (SSSR count). The largest absolute Gasteiger partial charge is 0.493 e. The summed E-state index contributed by atoms with van der Waals surface area (Å²) in [6.07, 6.45) is 1.62. The topological polar surface area (TPSA) is 66.4 Å². The first-order chi connectivity index (χ1) is 15.1. The summed E-state index contributed by atoms with van der Waals surface area (Å²) < 4.78 is 21.4. The van der Waals surface area contributed by atoms with Crippen molar-refractivity contribution in [2.45, 2.75) is 0 Å². The summed E-state index contributed by atoms with van der Waals surface area (Å²) in [5.74, 6) is 1.20. The van der Waals surface area contributed by atoms with Gasteiger partial charge in [-0.3, -0.25) is 0 Å². The number of esters is 1. The Bertz CT molecular complexity index is 1140. The number of carbonyl (C=O) groups excluding carboxylic acids is 1. The van der Waals surface area contributed by atoms with Crippen molar-refractivity contribution in [2.24, 2.45) is 4.99 Å². The number of carbonyl (C=O) groups is 1. The Hall–Kier alpha value is -4.06. The monoisotopic (exact) mass is 415 g/mol. The molecular formula is C25H21NO5. The van der Waals surface area contributed by atoms with Crippen LogP contribution >= 0.6 is 0 Å². The fourth-order valence-corrected chi connectivity index (χ4v) is 3.31. The van der Waals surface area contributed by atoms with Crippen molar-refractivity contribution in [3.05, 3.63) is 83.6 Å². The molecule has 6 heteroatoms. The van der Waals surface area contributed by atoms with E-state index in [0.29, 0.717) is 22.8 Å². The molecule has 0 saturated heterocycles. The average molecular weight is 415 g/mol. The van der Waals surface area contributed by atoms with Crippen molar-refractivity contribution in [1.29, 1.82) is 0 Å². The molecule has 3 aromatic carbocycles. The number of hydrogen-bond donors (Lipinski definition) is 0. The van der Waals surface area contributed by atoms with Gasteiger partial charge in [0.1, 0.15) is 0 Å². The second-order valence-corrected chi connectivity index (χ2v) is 6.74. The van der Waals surface area contributed by atoms with Gasteiger partial charge >= 0.3 is 5.97 Å². The van der Waals surface area contributed by atoms with Gasteiger partial charge in [0, 0.05) is 5.56 Å². The summed E-state index contributed by atoms with van der Waals surface area (Å²) in [6, 6.07) is 21.2. The third-order valence-electron chi connectivity index (χ3n) is 4.85. The minimum atomic E-state index is -0.518. The molecule has 0 fully saturated rings. The van der Waals surface area contributed by atoms with Crippen LogP contribution in [-0.4, -0.2) is 33.2 Å². The minimum absolute atomic E-state index is 0.191. The van der Waals surface area contributed by atoms with Crippen molar-refractivity contribution < 1.29 is 23.7 Å². The number of nitrogens with zero attached hydrogens (tertiary/aromatic N) is 1. The highest BCUT2D eigenvalue weighted by Crippen LogP contribution is 2.39. The van der Waals surface area contributed by atoms with E-state index in [2.05, 4.69) is 4.99 Å². The third kappa shape index (κ3) is 4.14. The zero-order valence-corrected chi connectivity index (χ0v) is 17.4. The minimum Gasteiger partial charge on any atom is -0.493 e. The van der Waals surface area contributed by atoms with E-state index in [9.17, 15) is 4.79 Å². The number of cyclic esters (lactones) is 1. The number of ether oxygens (including phenoxy) is 4. The molecule has 156 valence electrons. The van der Waals surface area contributed by atoms with Gasteiger partial charge in [-0.1, -0.05) is 42.5 Å². The first kappa shape index (κ1) is 20.2. The summed E-state index contributed by atoms with van der Waals surface area (Å²) in [5.41, 5.74) is 3.77. The van der Waals surface area contributed by atoms with Gasteiger partial charge < -0.3 is 18.9 Å². The van der Waals surface area contributed by atoms with Crippen LogP contribution in [0.3, 0.4) is 0 Å². The highest BCUT2D eigenvalue weighted by atomic mass is 16.6. The van der Waals surface area contributed by atoms with Crippen LogP contribution in [0.25, 0.3) is 17.2 Å². The lowest BCUT2D eigenvalue weighted by atomic mass is 10.0. The lowest BCUT2D eigenvalue weighted by Gasteiger charge is -2.12. The van der Waals surface area contributed by atoms with Gasteiger partial charge in [0.25, 0.3) is 0 Å². The molecule has 1 aliphatic rings. The summed E-state index contributed by atoms with van der Waals surface area (Å²) in [6.45, 7) is 0. The SMILES string of the molecule is COc1cc(/C=C2\N=C(c3ccc(-c4ccccc4)cc3)OC2=O)cc(OC)c1OC. The lowest BCUT2D eigenvalue weighted by molar-refractivity contribution is -0.129. The Balaban J connectivity index is 1.64. The van der Waals surface area contributed by atoms with Gasteiger partial charge in [0.15, 0.2) is 17.2 Å². The Morgan fingerprint density at radius 1 is 0.774 bits per heavy atom. The van der Waals surface area contributed by atoms with Crippen molar-refractivity contribution >= 4 is 17.9 Å². The molecule has 0 amide bonds. The van der Waals surface area contributed by atoms with Gasteiger partial charge in [0.05, 0.1) is 21.3 Å². The maximum Gasteiger partial charge on any atom is 0.363 e. The molecule has 0 aliphatic carbocycles.